The Hall–Kier alpha value is -3.54. The topological polar surface area (TPSA) is 55.4 Å². The van der Waals surface area contributed by atoms with E-state index in [1.165, 1.54) is 5.56 Å². The molecule has 0 amide bonds. The Morgan fingerprint density at radius 3 is 1.73 bits per heavy atom. The number of hydrogen-bond acceptors (Lipinski definition) is 6. The molecule has 33 heavy (non-hydrogen) atoms. The first-order chi connectivity index (χ1) is 16.1. The summed E-state index contributed by atoms with van der Waals surface area (Å²) in [6, 6.07) is 16.0. The molecule has 1 aliphatic carbocycles. The van der Waals surface area contributed by atoms with Crippen LogP contribution in [-0.4, -0.2) is 42.7 Å². The van der Waals surface area contributed by atoms with Gasteiger partial charge in [-0.15, -0.1) is 0 Å². The highest BCUT2D eigenvalue weighted by molar-refractivity contribution is 5.60. The molecule has 0 unspecified atom stereocenters. The molecule has 1 aliphatic rings. The maximum absolute atomic E-state index is 5.85. The van der Waals surface area contributed by atoms with Crippen molar-refractivity contribution in [3.05, 3.63) is 70.8 Å². The zero-order chi connectivity index (χ0) is 23.5. The van der Waals surface area contributed by atoms with Crippen molar-refractivity contribution in [2.45, 2.75) is 18.3 Å². The molecular formula is C27H30O6. The van der Waals surface area contributed by atoms with Crippen LogP contribution in [-0.2, 0) is 6.42 Å². The van der Waals surface area contributed by atoms with Crippen molar-refractivity contribution in [1.82, 2.24) is 0 Å². The number of benzene rings is 3. The lowest BCUT2D eigenvalue weighted by Crippen LogP contribution is -2.11. The summed E-state index contributed by atoms with van der Waals surface area (Å²) >= 11 is 0. The molecule has 0 heterocycles. The maximum atomic E-state index is 5.85. The Morgan fingerprint density at radius 1 is 0.576 bits per heavy atom. The van der Waals surface area contributed by atoms with Crippen LogP contribution in [0.2, 0.25) is 0 Å². The van der Waals surface area contributed by atoms with Gasteiger partial charge >= 0.3 is 0 Å². The molecule has 0 N–H and O–H groups in total. The van der Waals surface area contributed by atoms with E-state index in [1.807, 2.05) is 24.3 Å². The van der Waals surface area contributed by atoms with Gasteiger partial charge in [-0.25, -0.2) is 0 Å². The minimum absolute atomic E-state index is 0.00727. The fourth-order valence-corrected chi connectivity index (χ4v) is 4.84. The largest absolute Gasteiger partial charge is 0.497 e. The van der Waals surface area contributed by atoms with Crippen LogP contribution in [0.15, 0.2) is 48.5 Å². The van der Waals surface area contributed by atoms with E-state index in [9.17, 15) is 0 Å². The Labute approximate surface area is 195 Å². The highest BCUT2D eigenvalue weighted by Crippen LogP contribution is 2.54. The van der Waals surface area contributed by atoms with Crippen LogP contribution in [0.3, 0.4) is 0 Å². The van der Waals surface area contributed by atoms with Crippen molar-refractivity contribution < 1.29 is 28.4 Å². The van der Waals surface area contributed by atoms with Gasteiger partial charge in [0.15, 0.2) is 0 Å². The summed E-state index contributed by atoms with van der Waals surface area (Å²) in [5.41, 5.74) is 4.50. The second-order valence-electron chi connectivity index (χ2n) is 7.94. The van der Waals surface area contributed by atoms with Crippen LogP contribution >= 0.6 is 0 Å². The lowest BCUT2D eigenvalue weighted by Gasteiger charge is -2.25. The van der Waals surface area contributed by atoms with E-state index in [0.29, 0.717) is 0 Å². The molecule has 6 heteroatoms. The molecule has 4 rings (SSSR count). The SMILES string of the molecule is COc1cc(OC)cc([C@H]2c3c(cc(OC)cc3OC)C[C@@H]2c2ccc(OC)cc2OC)c1. The second-order valence-corrected chi connectivity index (χ2v) is 7.94. The molecular weight excluding hydrogens is 420 g/mol. The molecule has 0 saturated heterocycles. The first-order valence-corrected chi connectivity index (χ1v) is 10.8. The summed E-state index contributed by atoms with van der Waals surface area (Å²) in [6.45, 7) is 0. The number of hydrogen-bond donors (Lipinski definition) is 0. The van der Waals surface area contributed by atoms with Gasteiger partial charge in [-0.2, -0.15) is 0 Å². The van der Waals surface area contributed by atoms with Crippen molar-refractivity contribution in [3.63, 3.8) is 0 Å². The zero-order valence-corrected chi connectivity index (χ0v) is 19.9. The number of fused-ring (bicyclic) bond motifs is 1. The molecule has 0 aromatic heterocycles. The van der Waals surface area contributed by atoms with Crippen molar-refractivity contribution in [2.24, 2.45) is 0 Å². The molecule has 2 atom stereocenters. The average molecular weight is 451 g/mol. The van der Waals surface area contributed by atoms with Crippen molar-refractivity contribution in [3.8, 4) is 34.5 Å². The van der Waals surface area contributed by atoms with E-state index in [-0.39, 0.29) is 11.8 Å². The van der Waals surface area contributed by atoms with Gasteiger partial charge in [-0.05, 0) is 47.4 Å². The Morgan fingerprint density at radius 2 is 1.15 bits per heavy atom. The van der Waals surface area contributed by atoms with Gasteiger partial charge in [-0.1, -0.05) is 6.07 Å². The van der Waals surface area contributed by atoms with Crippen molar-refractivity contribution in [1.29, 1.82) is 0 Å². The fraction of sp³-hybridized carbons (Fsp3) is 0.333. The van der Waals surface area contributed by atoms with E-state index in [1.54, 1.807) is 42.7 Å². The molecule has 0 radical (unpaired) electrons. The van der Waals surface area contributed by atoms with Gasteiger partial charge < -0.3 is 28.4 Å². The minimum Gasteiger partial charge on any atom is -0.497 e. The van der Waals surface area contributed by atoms with Crippen LogP contribution < -0.4 is 28.4 Å². The first kappa shape index (κ1) is 22.6. The van der Waals surface area contributed by atoms with Crippen LogP contribution in [0.4, 0.5) is 0 Å². The van der Waals surface area contributed by atoms with Gasteiger partial charge in [0.2, 0.25) is 0 Å². The smallest absolute Gasteiger partial charge is 0.126 e. The van der Waals surface area contributed by atoms with E-state index < -0.39 is 0 Å². The van der Waals surface area contributed by atoms with E-state index in [0.717, 1.165) is 57.6 Å². The third-order valence-corrected chi connectivity index (χ3v) is 6.38. The predicted molar refractivity (Wildman–Crippen MR) is 127 cm³/mol. The summed E-state index contributed by atoms with van der Waals surface area (Å²) in [4.78, 5) is 0. The molecule has 3 aromatic rings. The third-order valence-electron chi connectivity index (χ3n) is 6.38. The van der Waals surface area contributed by atoms with Crippen LogP contribution in [0.5, 0.6) is 34.5 Å². The number of methoxy groups -OCH3 is 6. The highest BCUT2D eigenvalue weighted by atomic mass is 16.5. The summed E-state index contributed by atoms with van der Waals surface area (Å²) < 4.78 is 33.8. The summed E-state index contributed by atoms with van der Waals surface area (Å²) in [5, 5.41) is 0. The standard InChI is InChI=1S/C27H30O6/c1-28-18-7-8-22(24(14-18)32-5)23-12-17-11-21(31-4)15-25(33-6)27(17)26(23)16-9-19(29-2)13-20(10-16)30-3/h7-11,13-15,23,26H,12H2,1-6H3/t23-,26-/m1/s1. The molecule has 3 aromatic carbocycles. The summed E-state index contributed by atoms with van der Waals surface area (Å²) in [6.07, 6.45) is 0.801. The van der Waals surface area contributed by atoms with Gasteiger partial charge in [0.05, 0.1) is 42.7 Å². The van der Waals surface area contributed by atoms with Crippen molar-refractivity contribution in [2.75, 3.05) is 42.7 Å². The fourth-order valence-electron chi connectivity index (χ4n) is 4.84. The molecule has 0 fully saturated rings. The van der Waals surface area contributed by atoms with E-state index in [4.69, 9.17) is 28.4 Å². The second kappa shape index (κ2) is 9.53. The predicted octanol–water partition coefficient (Wildman–Crippen LogP) is 5.21. The molecule has 0 saturated carbocycles. The van der Waals surface area contributed by atoms with Gasteiger partial charge in [0.25, 0.3) is 0 Å². The van der Waals surface area contributed by atoms with Gasteiger partial charge in [-0.3, -0.25) is 0 Å². The number of ether oxygens (including phenoxy) is 6. The summed E-state index contributed by atoms with van der Waals surface area (Å²) in [7, 11) is 10.0. The molecule has 174 valence electrons. The molecule has 6 nitrogen and oxygen atoms in total. The van der Waals surface area contributed by atoms with E-state index >= 15 is 0 Å². The maximum Gasteiger partial charge on any atom is 0.126 e. The third kappa shape index (κ3) is 4.13. The van der Waals surface area contributed by atoms with E-state index in [2.05, 4.69) is 24.3 Å². The van der Waals surface area contributed by atoms with Crippen LogP contribution in [0.1, 0.15) is 34.1 Å². The Kier molecular flexibility index (Phi) is 6.54. The first-order valence-electron chi connectivity index (χ1n) is 10.8. The normalized spacial score (nSPS) is 16.7. The molecule has 0 spiro atoms. The molecule has 0 aliphatic heterocycles. The van der Waals surface area contributed by atoms with Crippen LogP contribution in [0, 0.1) is 0 Å². The quantitative estimate of drug-likeness (QED) is 0.470. The highest BCUT2D eigenvalue weighted by Gasteiger charge is 2.39. The Bertz CT molecular complexity index is 1120. The zero-order valence-electron chi connectivity index (χ0n) is 19.9. The Balaban J connectivity index is 1.95. The van der Waals surface area contributed by atoms with Crippen LogP contribution in [0.25, 0.3) is 0 Å². The monoisotopic (exact) mass is 450 g/mol. The summed E-state index contributed by atoms with van der Waals surface area (Å²) in [5.74, 6) is 4.69. The molecule has 0 bridgehead atoms. The lowest BCUT2D eigenvalue weighted by molar-refractivity contribution is 0.383. The minimum atomic E-state index is -0.00727. The van der Waals surface area contributed by atoms with Gasteiger partial charge in [0.1, 0.15) is 34.5 Å². The van der Waals surface area contributed by atoms with Crippen molar-refractivity contribution >= 4 is 0 Å². The average Bonchev–Trinajstić information content (AvgIpc) is 3.26. The lowest BCUT2D eigenvalue weighted by atomic mass is 9.81. The van der Waals surface area contributed by atoms with Gasteiger partial charge in [0, 0.05) is 35.6 Å². The number of rotatable bonds is 8.